The maximum atomic E-state index is 5.81. The molecule has 0 amide bonds. The Morgan fingerprint density at radius 3 is 2.48 bits per heavy atom. The van der Waals surface area contributed by atoms with E-state index in [9.17, 15) is 0 Å². The second-order valence-corrected chi connectivity index (χ2v) is 5.92. The Morgan fingerprint density at radius 1 is 1.05 bits per heavy atom. The van der Waals surface area contributed by atoms with Crippen molar-refractivity contribution in [1.29, 1.82) is 0 Å². The van der Waals surface area contributed by atoms with Crippen LogP contribution in [0.3, 0.4) is 0 Å². The van der Waals surface area contributed by atoms with Crippen molar-refractivity contribution in [3.05, 3.63) is 58.1 Å². The highest BCUT2D eigenvalue weighted by Crippen LogP contribution is 2.24. The fourth-order valence-corrected chi connectivity index (χ4v) is 2.50. The van der Waals surface area contributed by atoms with Crippen LogP contribution in [0.2, 0.25) is 0 Å². The van der Waals surface area contributed by atoms with Crippen LogP contribution < -0.4 is 10.1 Å². The monoisotopic (exact) mass is 347 g/mol. The summed E-state index contributed by atoms with van der Waals surface area (Å²) in [5.41, 5.74) is 3.65. The number of benzene rings is 2. The molecule has 0 aliphatic rings. The molecule has 2 aromatic rings. The molecule has 112 valence electrons. The van der Waals surface area contributed by atoms with Gasteiger partial charge in [0.05, 0.1) is 6.61 Å². The van der Waals surface area contributed by atoms with Crippen molar-refractivity contribution in [2.45, 2.75) is 33.2 Å². The Labute approximate surface area is 135 Å². The van der Waals surface area contributed by atoms with Crippen LogP contribution in [0, 0.1) is 0 Å². The van der Waals surface area contributed by atoms with Crippen LogP contribution in [0.4, 0.5) is 5.69 Å². The van der Waals surface area contributed by atoms with E-state index in [4.69, 9.17) is 4.74 Å². The predicted octanol–water partition coefficient (Wildman–Crippen LogP) is 5.41. The van der Waals surface area contributed by atoms with Gasteiger partial charge in [-0.05, 0) is 48.7 Å². The first-order chi connectivity index (χ1) is 10.2. The number of hydrogen-bond donors (Lipinski definition) is 1. The second-order valence-electron chi connectivity index (χ2n) is 5.00. The van der Waals surface area contributed by atoms with Crippen molar-refractivity contribution in [2.75, 3.05) is 11.9 Å². The molecular formula is C18H22BrNO. The number of ether oxygens (including phenoxy) is 1. The van der Waals surface area contributed by atoms with E-state index in [1.165, 1.54) is 5.56 Å². The van der Waals surface area contributed by atoms with E-state index >= 15 is 0 Å². The van der Waals surface area contributed by atoms with E-state index in [-0.39, 0.29) is 0 Å². The molecule has 1 N–H and O–H groups in total. The summed E-state index contributed by atoms with van der Waals surface area (Å²) in [5.74, 6) is 0.956. The first-order valence-corrected chi connectivity index (χ1v) is 8.26. The van der Waals surface area contributed by atoms with Crippen molar-refractivity contribution in [2.24, 2.45) is 0 Å². The molecule has 0 spiro atoms. The van der Waals surface area contributed by atoms with Gasteiger partial charge in [0, 0.05) is 22.3 Å². The first-order valence-electron chi connectivity index (χ1n) is 7.47. The number of anilines is 1. The topological polar surface area (TPSA) is 21.3 Å². The van der Waals surface area contributed by atoms with E-state index in [1.54, 1.807) is 0 Å². The normalized spacial score (nSPS) is 10.4. The summed E-state index contributed by atoms with van der Waals surface area (Å²) in [7, 11) is 0. The Balaban J connectivity index is 2.05. The third kappa shape index (κ3) is 4.78. The van der Waals surface area contributed by atoms with Gasteiger partial charge in [-0.3, -0.25) is 0 Å². The van der Waals surface area contributed by atoms with Crippen molar-refractivity contribution in [1.82, 2.24) is 0 Å². The van der Waals surface area contributed by atoms with E-state index in [1.807, 2.05) is 12.1 Å². The standard InChI is InChI=1S/C18H22BrNO/c1-3-11-21-18-10-7-16(19)12-15(18)13-20-17-8-5-14(4-2)6-9-17/h5-10,12,20H,3-4,11,13H2,1-2H3. The molecule has 3 heteroatoms. The van der Waals surface area contributed by atoms with Gasteiger partial charge in [0.2, 0.25) is 0 Å². The quantitative estimate of drug-likeness (QED) is 0.722. The molecular weight excluding hydrogens is 326 g/mol. The van der Waals surface area contributed by atoms with Crippen molar-refractivity contribution in [3.8, 4) is 5.75 Å². The van der Waals surface area contributed by atoms with Gasteiger partial charge in [0.1, 0.15) is 5.75 Å². The molecule has 21 heavy (non-hydrogen) atoms. The van der Waals surface area contributed by atoms with Gasteiger partial charge in [0.25, 0.3) is 0 Å². The molecule has 0 saturated heterocycles. The van der Waals surface area contributed by atoms with Gasteiger partial charge in [-0.15, -0.1) is 0 Å². The van der Waals surface area contributed by atoms with Gasteiger partial charge in [-0.25, -0.2) is 0 Å². The number of aryl methyl sites for hydroxylation is 1. The minimum atomic E-state index is 0.750. The summed E-state index contributed by atoms with van der Waals surface area (Å²) in [6, 6.07) is 14.7. The molecule has 0 fully saturated rings. The number of nitrogens with one attached hydrogen (secondary N) is 1. The average Bonchev–Trinajstić information content (AvgIpc) is 2.52. The molecule has 2 rings (SSSR count). The van der Waals surface area contributed by atoms with Gasteiger partial charge in [0.15, 0.2) is 0 Å². The maximum Gasteiger partial charge on any atom is 0.124 e. The van der Waals surface area contributed by atoms with Gasteiger partial charge in [-0.1, -0.05) is 41.9 Å². The summed E-state index contributed by atoms with van der Waals surface area (Å²) in [5, 5.41) is 3.46. The zero-order chi connectivity index (χ0) is 15.1. The van der Waals surface area contributed by atoms with Crippen LogP contribution >= 0.6 is 15.9 Å². The van der Waals surface area contributed by atoms with Crippen molar-refractivity contribution >= 4 is 21.6 Å². The smallest absolute Gasteiger partial charge is 0.124 e. The minimum absolute atomic E-state index is 0.750. The van der Waals surface area contributed by atoms with Crippen LogP contribution in [0.5, 0.6) is 5.75 Å². The number of rotatable bonds is 7. The third-order valence-corrected chi connectivity index (χ3v) is 3.82. The lowest BCUT2D eigenvalue weighted by molar-refractivity contribution is 0.314. The first kappa shape index (κ1) is 15.9. The zero-order valence-corrected chi connectivity index (χ0v) is 14.2. The fraction of sp³-hybridized carbons (Fsp3) is 0.333. The SMILES string of the molecule is CCCOc1ccc(Br)cc1CNc1ccc(CC)cc1. The van der Waals surface area contributed by atoms with Crippen LogP contribution in [-0.2, 0) is 13.0 Å². The summed E-state index contributed by atoms with van der Waals surface area (Å²) < 4.78 is 6.88. The van der Waals surface area contributed by atoms with Crippen LogP contribution in [0.25, 0.3) is 0 Å². The van der Waals surface area contributed by atoms with E-state index in [2.05, 4.69) is 65.4 Å². The summed E-state index contributed by atoms with van der Waals surface area (Å²) in [6.07, 6.45) is 2.09. The molecule has 0 heterocycles. The fourth-order valence-electron chi connectivity index (χ4n) is 2.09. The molecule has 0 radical (unpaired) electrons. The Morgan fingerprint density at radius 2 is 1.81 bits per heavy atom. The summed E-state index contributed by atoms with van der Waals surface area (Å²) in [6.45, 7) is 5.79. The minimum Gasteiger partial charge on any atom is -0.493 e. The molecule has 0 aliphatic heterocycles. The van der Waals surface area contributed by atoms with Gasteiger partial charge in [-0.2, -0.15) is 0 Å². The van der Waals surface area contributed by atoms with Gasteiger partial charge < -0.3 is 10.1 Å². The molecule has 2 nitrogen and oxygen atoms in total. The summed E-state index contributed by atoms with van der Waals surface area (Å²) in [4.78, 5) is 0. The van der Waals surface area contributed by atoms with Gasteiger partial charge >= 0.3 is 0 Å². The third-order valence-electron chi connectivity index (χ3n) is 3.33. The highest BCUT2D eigenvalue weighted by Gasteiger charge is 2.05. The van der Waals surface area contributed by atoms with Crippen LogP contribution in [0.15, 0.2) is 46.9 Å². The van der Waals surface area contributed by atoms with Crippen molar-refractivity contribution < 1.29 is 4.74 Å². The molecule has 0 bridgehead atoms. The summed E-state index contributed by atoms with van der Waals surface area (Å²) >= 11 is 3.53. The largest absolute Gasteiger partial charge is 0.493 e. The van der Waals surface area contributed by atoms with E-state index < -0.39 is 0 Å². The highest BCUT2D eigenvalue weighted by molar-refractivity contribution is 9.10. The molecule has 0 aliphatic carbocycles. The lowest BCUT2D eigenvalue weighted by Crippen LogP contribution is -2.04. The average molecular weight is 348 g/mol. The zero-order valence-electron chi connectivity index (χ0n) is 12.7. The van der Waals surface area contributed by atoms with Crippen molar-refractivity contribution in [3.63, 3.8) is 0 Å². The van der Waals surface area contributed by atoms with E-state index in [0.717, 1.165) is 47.5 Å². The predicted molar refractivity (Wildman–Crippen MR) is 93.1 cm³/mol. The number of halogens is 1. The number of hydrogen-bond acceptors (Lipinski definition) is 2. The van der Waals surface area contributed by atoms with Crippen LogP contribution in [0.1, 0.15) is 31.4 Å². The highest BCUT2D eigenvalue weighted by atomic mass is 79.9. The second kappa shape index (κ2) is 8.08. The lowest BCUT2D eigenvalue weighted by Gasteiger charge is -2.13. The Hall–Kier alpha value is -1.48. The molecule has 0 aromatic heterocycles. The Bertz CT molecular complexity index is 566. The molecule has 2 aromatic carbocycles. The Kier molecular flexibility index (Phi) is 6.12. The molecule has 0 atom stereocenters. The molecule has 0 saturated carbocycles. The van der Waals surface area contributed by atoms with Crippen LogP contribution in [-0.4, -0.2) is 6.61 Å². The maximum absolute atomic E-state index is 5.81. The molecule has 0 unspecified atom stereocenters. The van der Waals surface area contributed by atoms with E-state index in [0.29, 0.717) is 0 Å². The lowest BCUT2D eigenvalue weighted by atomic mass is 10.1.